The fourth-order valence-corrected chi connectivity index (χ4v) is 1.83. The average molecular weight is 244 g/mol. The Kier molecular flexibility index (Phi) is 3.32. The molecule has 1 aromatic heterocycles. The van der Waals surface area contributed by atoms with Gasteiger partial charge >= 0.3 is 6.03 Å². The lowest BCUT2D eigenvalue weighted by Crippen LogP contribution is -2.31. The van der Waals surface area contributed by atoms with Gasteiger partial charge in [0, 0.05) is 18.8 Å². The monoisotopic (exact) mass is 244 g/mol. The van der Waals surface area contributed by atoms with Crippen LogP contribution in [0.2, 0.25) is 0 Å². The van der Waals surface area contributed by atoms with Gasteiger partial charge < -0.3 is 11.1 Å². The number of hydrogen-bond acceptors (Lipinski definition) is 2. The van der Waals surface area contributed by atoms with Crippen molar-refractivity contribution in [3.8, 4) is 11.3 Å². The standard InChI is InChI=1S/C13H16N4O/c1-9(15-13(14)18)10-4-3-5-11(8-10)12-6-7-17(2)16-12/h3-9H,1-2H3,(H3,14,15,18)/t9-/m1/s1. The Morgan fingerprint density at radius 3 is 2.83 bits per heavy atom. The second-order valence-corrected chi connectivity index (χ2v) is 4.23. The maximum absolute atomic E-state index is 10.8. The van der Waals surface area contributed by atoms with E-state index in [0.29, 0.717) is 0 Å². The molecule has 94 valence electrons. The quantitative estimate of drug-likeness (QED) is 0.864. The molecule has 0 spiro atoms. The number of aryl methyl sites for hydroxylation is 1. The van der Waals surface area contributed by atoms with Crippen LogP contribution in [0.25, 0.3) is 11.3 Å². The number of amides is 2. The van der Waals surface area contributed by atoms with Gasteiger partial charge in [-0.1, -0.05) is 18.2 Å². The number of benzene rings is 1. The minimum atomic E-state index is -0.522. The van der Waals surface area contributed by atoms with E-state index in [0.717, 1.165) is 16.8 Å². The van der Waals surface area contributed by atoms with E-state index >= 15 is 0 Å². The van der Waals surface area contributed by atoms with Crippen molar-refractivity contribution in [3.63, 3.8) is 0 Å². The van der Waals surface area contributed by atoms with Crippen molar-refractivity contribution in [2.24, 2.45) is 12.8 Å². The van der Waals surface area contributed by atoms with Crippen LogP contribution in [0, 0.1) is 0 Å². The predicted molar refractivity (Wildman–Crippen MR) is 69.8 cm³/mol. The van der Waals surface area contributed by atoms with Crippen LogP contribution in [0.15, 0.2) is 36.5 Å². The summed E-state index contributed by atoms with van der Waals surface area (Å²) in [5.41, 5.74) is 8.04. The van der Waals surface area contributed by atoms with Gasteiger partial charge in [-0.3, -0.25) is 4.68 Å². The van der Waals surface area contributed by atoms with Gasteiger partial charge in [-0.25, -0.2) is 4.79 Å². The topological polar surface area (TPSA) is 72.9 Å². The van der Waals surface area contributed by atoms with Crippen molar-refractivity contribution in [1.29, 1.82) is 0 Å². The largest absolute Gasteiger partial charge is 0.352 e. The van der Waals surface area contributed by atoms with Crippen molar-refractivity contribution < 1.29 is 4.79 Å². The number of urea groups is 1. The van der Waals surface area contributed by atoms with Crippen molar-refractivity contribution in [3.05, 3.63) is 42.1 Å². The highest BCUT2D eigenvalue weighted by molar-refractivity contribution is 5.72. The Labute approximate surface area is 106 Å². The molecule has 2 rings (SSSR count). The fraction of sp³-hybridized carbons (Fsp3) is 0.231. The first-order valence-electron chi connectivity index (χ1n) is 5.72. The third kappa shape index (κ3) is 2.68. The first kappa shape index (κ1) is 12.2. The van der Waals surface area contributed by atoms with Gasteiger partial charge in [-0.05, 0) is 24.6 Å². The Bertz CT molecular complexity index is 562. The van der Waals surface area contributed by atoms with Crippen molar-refractivity contribution in [2.45, 2.75) is 13.0 Å². The molecule has 0 bridgehead atoms. The van der Waals surface area contributed by atoms with Crippen LogP contribution in [0.4, 0.5) is 4.79 Å². The Hall–Kier alpha value is -2.30. The zero-order valence-corrected chi connectivity index (χ0v) is 10.4. The maximum atomic E-state index is 10.8. The number of primary amides is 1. The van der Waals surface area contributed by atoms with E-state index in [1.165, 1.54) is 0 Å². The van der Waals surface area contributed by atoms with E-state index in [-0.39, 0.29) is 6.04 Å². The van der Waals surface area contributed by atoms with Crippen molar-refractivity contribution in [1.82, 2.24) is 15.1 Å². The molecule has 1 atom stereocenters. The van der Waals surface area contributed by atoms with Crippen molar-refractivity contribution in [2.75, 3.05) is 0 Å². The third-order valence-corrected chi connectivity index (χ3v) is 2.75. The Balaban J connectivity index is 2.27. The van der Waals surface area contributed by atoms with Gasteiger partial charge in [0.05, 0.1) is 11.7 Å². The summed E-state index contributed by atoms with van der Waals surface area (Å²) in [5, 5.41) is 7.00. The minimum Gasteiger partial charge on any atom is -0.352 e. The molecule has 5 heteroatoms. The molecular formula is C13H16N4O. The van der Waals surface area contributed by atoms with E-state index < -0.39 is 6.03 Å². The van der Waals surface area contributed by atoms with Crippen LogP contribution >= 0.6 is 0 Å². The van der Waals surface area contributed by atoms with E-state index in [9.17, 15) is 4.79 Å². The number of hydrogen-bond donors (Lipinski definition) is 2. The van der Waals surface area contributed by atoms with Gasteiger partial charge in [0.1, 0.15) is 0 Å². The molecule has 0 fully saturated rings. The summed E-state index contributed by atoms with van der Waals surface area (Å²) in [5.74, 6) is 0. The molecule has 1 heterocycles. The summed E-state index contributed by atoms with van der Waals surface area (Å²) in [6.45, 7) is 1.89. The smallest absolute Gasteiger partial charge is 0.312 e. The lowest BCUT2D eigenvalue weighted by atomic mass is 10.0. The first-order valence-corrected chi connectivity index (χ1v) is 5.72. The van der Waals surface area contributed by atoms with Crippen LogP contribution in [-0.4, -0.2) is 15.8 Å². The number of aromatic nitrogens is 2. The molecule has 5 nitrogen and oxygen atoms in total. The molecule has 0 saturated carbocycles. The lowest BCUT2D eigenvalue weighted by Gasteiger charge is -2.13. The van der Waals surface area contributed by atoms with Gasteiger partial charge in [0.15, 0.2) is 0 Å². The molecule has 0 radical (unpaired) electrons. The molecule has 0 aliphatic rings. The van der Waals surface area contributed by atoms with Crippen LogP contribution in [0.5, 0.6) is 0 Å². The average Bonchev–Trinajstić information content (AvgIpc) is 2.75. The molecule has 2 aromatic rings. The summed E-state index contributed by atoms with van der Waals surface area (Å²) in [6.07, 6.45) is 1.90. The fourth-order valence-electron chi connectivity index (χ4n) is 1.83. The second-order valence-electron chi connectivity index (χ2n) is 4.23. The molecule has 3 N–H and O–H groups in total. The minimum absolute atomic E-state index is 0.119. The molecule has 0 unspecified atom stereocenters. The SMILES string of the molecule is C[C@@H](NC(N)=O)c1cccc(-c2ccn(C)n2)c1. The van der Waals surface area contributed by atoms with E-state index in [1.807, 2.05) is 50.5 Å². The molecule has 0 aliphatic heterocycles. The number of carbonyl (C=O) groups is 1. The van der Waals surface area contributed by atoms with E-state index in [2.05, 4.69) is 10.4 Å². The summed E-state index contributed by atoms with van der Waals surface area (Å²) in [7, 11) is 1.88. The Morgan fingerprint density at radius 2 is 2.22 bits per heavy atom. The summed E-state index contributed by atoms with van der Waals surface area (Å²) in [6, 6.07) is 9.19. The highest BCUT2D eigenvalue weighted by atomic mass is 16.2. The number of rotatable bonds is 3. The van der Waals surface area contributed by atoms with Gasteiger partial charge in [-0.2, -0.15) is 5.10 Å². The van der Waals surface area contributed by atoms with Crippen LogP contribution in [-0.2, 0) is 7.05 Å². The molecule has 2 amide bonds. The van der Waals surface area contributed by atoms with E-state index in [1.54, 1.807) is 4.68 Å². The van der Waals surface area contributed by atoms with Crippen LogP contribution in [0.3, 0.4) is 0 Å². The van der Waals surface area contributed by atoms with Crippen molar-refractivity contribution >= 4 is 6.03 Å². The molecule has 18 heavy (non-hydrogen) atoms. The lowest BCUT2D eigenvalue weighted by molar-refractivity contribution is 0.246. The number of nitrogens with two attached hydrogens (primary N) is 1. The number of nitrogens with one attached hydrogen (secondary N) is 1. The zero-order chi connectivity index (χ0) is 13.1. The molecule has 0 saturated heterocycles. The predicted octanol–water partition coefficient (Wildman–Crippen LogP) is 1.82. The van der Waals surface area contributed by atoms with Crippen LogP contribution < -0.4 is 11.1 Å². The highest BCUT2D eigenvalue weighted by Gasteiger charge is 2.09. The van der Waals surface area contributed by atoms with Gasteiger partial charge in [-0.15, -0.1) is 0 Å². The molecule has 0 aliphatic carbocycles. The normalized spacial score (nSPS) is 12.1. The van der Waals surface area contributed by atoms with Gasteiger partial charge in [0.25, 0.3) is 0 Å². The summed E-state index contributed by atoms with van der Waals surface area (Å²) in [4.78, 5) is 10.8. The zero-order valence-electron chi connectivity index (χ0n) is 10.4. The van der Waals surface area contributed by atoms with Gasteiger partial charge in [0.2, 0.25) is 0 Å². The first-order chi connectivity index (χ1) is 8.56. The number of carbonyl (C=O) groups excluding carboxylic acids is 1. The summed E-state index contributed by atoms with van der Waals surface area (Å²) < 4.78 is 1.76. The van der Waals surface area contributed by atoms with Crippen LogP contribution in [0.1, 0.15) is 18.5 Å². The second kappa shape index (κ2) is 4.91. The third-order valence-electron chi connectivity index (χ3n) is 2.75. The summed E-state index contributed by atoms with van der Waals surface area (Å²) >= 11 is 0. The molecular weight excluding hydrogens is 228 g/mol. The Morgan fingerprint density at radius 1 is 1.44 bits per heavy atom. The highest BCUT2D eigenvalue weighted by Crippen LogP contribution is 2.21. The molecule has 1 aromatic carbocycles. The number of nitrogens with zero attached hydrogens (tertiary/aromatic N) is 2. The maximum Gasteiger partial charge on any atom is 0.312 e. The van der Waals surface area contributed by atoms with E-state index in [4.69, 9.17) is 5.73 Å².